The minimum Gasteiger partial charge on any atom is -0.480 e. The van der Waals surface area contributed by atoms with Gasteiger partial charge in [-0.25, -0.2) is 9.59 Å². The van der Waals surface area contributed by atoms with Crippen LogP contribution in [-0.2, 0) is 9.59 Å². The number of primary amides is 1. The zero-order chi connectivity index (χ0) is 14.4. The van der Waals surface area contributed by atoms with E-state index in [0.717, 1.165) is 6.42 Å². The molecule has 7 nitrogen and oxygen atoms in total. The molecule has 0 aromatic carbocycles. The highest BCUT2D eigenvalue weighted by Gasteiger charge is 2.25. The quantitative estimate of drug-likeness (QED) is 0.503. The first-order chi connectivity index (χ1) is 8.88. The lowest BCUT2D eigenvalue weighted by Gasteiger charge is -2.18. The Kier molecular flexibility index (Phi) is 5.59. The van der Waals surface area contributed by atoms with Gasteiger partial charge in [0.2, 0.25) is 5.91 Å². The Balaban J connectivity index is 2.32. The highest BCUT2D eigenvalue weighted by atomic mass is 16.4. The van der Waals surface area contributed by atoms with Gasteiger partial charge in [0.25, 0.3) is 0 Å². The number of carboxylic acid groups (broad SMARTS) is 1. The summed E-state index contributed by atoms with van der Waals surface area (Å²) < 4.78 is 0. The summed E-state index contributed by atoms with van der Waals surface area (Å²) in [6.07, 6.45) is 3.23. The molecule has 7 heteroatoms. The fourth-order valence-corrected chi connectivity index (χ4v) is 1.88. The van der Waals surface area contributed by atoms with Gasteiger partial charge in [0.15, 0.2) is 0 Å². The summed E-state index contributed by atoms with van der Waals surface area (Å²) in [6, 6.07) is -1.61. The van der Waals surface area contributed by atoms with Crippen molar-refractivity contribution in [1.82, 2.24) is 10.6 Å². The Morgan fingerprint density at radius 1 is 1.32 bits per heavy atom. The smallest absolute Gasteiger partial charge is 0.326 e. The zero-order valence-corrected chi connectivity index (χ0v) is 11.0. The number of carbonyl (C=O) groups excluding carboxylic acids is 2. The minimum atomic E-state index is -1.17. The van der Waals surface area contributed by atoms with E-state index >= 15 is 0 Å². The van der Waals surface area contributed by atoms with Crippen LogP contribution in [0.3, 0.4) is 0 Å². The van der Waals surface area contributed by atoms with Gasteiger partial charge in [-0.2, -0.15) is 0 Å². The molecule has 1 saturated carbocycles. The summed E-state index contributed by atoms with van der Waals surface area (Å²) in [5.41, 5.74) is 4.95. The molecular formula is C12H21N3O4. The lowest BCUT2D eigenvalue weighted by Crippen LogP contribution is -2.48. The van der Waals surface area contributed by atoms with Crippen molar-refractivity contribution in [2.75, 3.05) is 0 Å². The van der Waals surface area contributed by atoms with Crippen molar-refractivity contribution in [3.63, 3.8) is 0 Å². The Morgan fingerprint density at radius 3 is 2.42 bits per heavy atom. The van der Waals surface area contributed by atoms with E-state index in [0.29, 0.717) is 5.92 Å². The topological polar surface area (TPSA) is 122 Å². The molecule has 0 aliphatic heterocycles. The number of nitrogens with two attached hydrogens (primary N) is 1. The first-order valence-corrected chi connectivity index (χ1v) is 6.46. The number of urea groups is 1. The fraction of sp³-hybridized carbons (Fsp3) is 0.750. The molecule has 0 saturated heterocycles. The van der Waals surface area contributed by atoms with Gasteiger partial charge in [-0.05, 0) is 25.7 Å². The van der Waals surface area contributed by atoms with Gasteiger partial charge in [-0.1, -0.05) is 12.8 Å². The average molecular weight is 271 g/mol. The molecule has 5 N–H and O–H groups in total. The summed E-state index contributed by atoms with van der Waals surface area (Å²) in [7, 11) is 0. The molecule has 0 aromatic heterocycles. The molecule has 1 fully saturated rings. The van der Waals surface area contributed by atoms with Gasteiger partial charge in [0.1, 0.15) is 6.04 Å². The van der Waals surface area contributed by atoms with Gasteiger partial charge in [-0.3, -0.25) is 4.79 Å². The van der Waals surface area contributed by atoms with Crippen LogP contribution in [0.15, 0.2) is 0 Å². The van der Waals surface area contributed by atoms with Crippen molar-refractivity contribution in [2.45, 2.75) is 51.1 Å². The lowest BCUT2D eigenvalue weighted by molar-refractivity contribution is -0.139. The zero-order valence-electron chi connectivity index (χ0n) is 11.0. The lowest BCUT2D eigenvalue weighted by atomic mass is 10.1. The van der Waals surface area contributed by atoms with E-state index in [-0.39, 0.29) is 18.9 Å². The maximum atomic E-state index is 11.6. The molecule has 0 spiro atoms. The predicted molar refractivity (Wildman–Crippen MR) is 68.3 cm³/mol. The average Bonchev–Trinajstić information content (AvgIpc) is 3.06. The van der Waals surface area contributed by atoms with Crippen molar-refractivity contribution >= 4 is 17.9 Å². The van der Waals surface area contributed by atoms with E-state index in [1.807, 2.05) is 6.92 Å². The second kappa shape index (κ2) is 6.96. The van der Waals surface area contributed by atoms with Crippen LogP contribution in [0.5, 0.6) is 0 Å². The Hall–Kier alpha value is -1.79. The van der Waals surface area contributed by atoms with E-state index in [2.05, 4.69) is 10.6 Å². The summed E-state index contributed by atoms with van der Waals surface area (Å²) in [6.45, 7) is 1.89. The third-order valence-electron chi connectivity index (χ3n) is 3.04. The van der Waals surface area contributed by atoms with Crippen LogP contribution in [0, 0.1) is 5.92 Å². The number of carboxylic acids is 1. The molecule has 19 heavy (non-hydrogen) atoms. The molecule has 0 aromatic rings. The van der Waals surface area contributed by atoms with Crippen molar-refractivity contribution in [3.8, 4) is 0 Å². The number of amides is 3. The Labute approximate surface area is 111 Å². The van der Waals surface area contributed by atoms with Crippen LogP contribution in [-0.4, -0.2) is 35.1 Å². The van der Waals surface area contributed by atoms with E-state index in [1.165, 1.54) is 12.8 Å². The molecule has 1 aliphatic carbocycles. The molecule has 108 valence electrons. The Bertz CT molecular complexity index is 355. The van der Waals surface area contributed by atoms with Gasteiger partial charge in [-0.15, -0.1) is 0 Å². The number of hydrogen-bond donors (Lipinski definition) is 4. The van der Waals surface area contributed by atoms with Gasteiger partial charge in [0.05, 0.1) is 0 Å². The predicted octanol–water partition coefficient (Wildman–Crippen LogP) is 0.193. The highest BCUT2D eigenvalue weighted by Crippen LogP contribution is 2.33. The van der Waals surface area contributed by atoms with E-state index < -0.39 is 23.9 Å². The molecule has 0 heterocycles. The van der Waals surface area contributed by atoms with Crippen molar-refractivity contribution in [2.24, 2.45) is 11.7 Å². The van der Waals surface area contributed by atoms with Gasteiger partial charge < -0.3 is 21.5 Å². The van der Waals surface area contributed by atoms with Crippen molar-refractivity contribution in [3.05, 3.63) is 0 Å². The molecular weight excluding hydrogens is 250 g/mol. The van der Waals surface area contributed by atoms with Crippen LogP contribution in [0.1, 0.15) is 39.0 Å². The van der Waals surface area contributed by atoms with Crippen molar-refractivity contribution in [1.29, 1.82) is 0 Å². The maximum Gasteiger partial charge on any atom is 0.326 e. The second-order valence-electron chi connectivity index (χ2n) is 5.09. The minimum absolute atomic E-state index is 0.00487. The molecule has 0 radical (unpaired) electrons. The molecule has 0 bridgehead atoms. The summed E-state index contributed by atoms with van der Waals surface area (Å²) in [5, 5.41) is 14.0. The standard InChI is InChI=1S/C12H21N3O4/c1-7(6-8-2-3-8)14-12(19)15-9(11(17)18)4-5-10(13)16/h7-9H,2-6H2,1H3,(H2,13,16)(H,17,18)(H2,14,15,19). The maximum absolute atomic E-state index is 11.6. The molecule has 1 aliphatic rings. The molecule has 3 amide bonds. The van der Waals surface area contributed by atoms with Crippen molar-refractivity contribution < 1.29 is 19.5 Å². The number of carbonyl (C=O) groups is 3. The second-order valence-corrected chi connectivity index (χ2v) is 5.09. The van der Waals surface area contributed by atoms with Crippen LogP contribution >= 0.6 is 0 Å². The number of rotatable bonds is 8. The fourth-order valence-electron chi connectivity index (χ4n) is 1.88. The van der Waals surface area contributed by atoms with Crippen LogP contribution in [0.4, 0.5) is 4.79 Å². The normalized spacial score (nSPS) is 17.3. The molecule has 2 unspecified atom stereocenters. The third kappa shape index (κ3) is 6.64. The highest BCUT2D eigenvalue weighted by molar-refractivity contribution is 5.83. The summed E-state index contributed by atoms with van der Waals surface area (Å²) in [5.74, 6) is -1.08. The van der Waals surface area contributed by atoms with E-state index in [1.54, 1.807) is 0 Å². The first kappa shape index (κ1) is 15.3. The Morgan fingerprint density at radius 2 is 1.95 bits per heavy atom. The largest absolute Gasteiger partial charge is 0.480 e. The summed E-state index contributed by atoms with van der Waals surface area (Å²) in [4.78, 5) is 33.2. The van der Waals surface area contributed by atoms with E-state index in [9.17, 15) is 14.4 Å². The van der Waals surface area contributed by atoms with Gasteiger partial charge in [0, 0.05) is 12.5 Å². The number of nitrogens with one attached hydrogen (secondary N) is 2. The monoisotopic (exact) mass is 271 g/mol. The summed E-state index contributed by atoms with van der Waals surface area (Å²) >= 11 is 0. The van der Waals surface area contributed by atoms with Crippen LogP contribution in [0.25, 0.3) is 0 Å². The molecule has 2 atom stereocenters. The van der Waals surface area contributed by atoms with Crippen LogP contribution < -0.4 is 16.4 Å². The SMILES string of the molecule is CC(CC1CC1)NC(=O)NC(CCC(N)=O)C(=O)O. The van der Waals surface area contributed by atoms with Crippen LogP contribution in [0.2, 0.25) is 0 Å². The number of hydrogen-bond acceptors (Lipinski definition) is 3. The number of aliphatic carboxylic acids is 1. The van der Waals surface area contributed by atoms with Gasteiger partial charge >= 0.3 is 12.0 Å². The van der Waals surface area contributed by atoms with E-state index in [4.69, 9.17) is 10.8 Å². The third-order valence-corrected chi connectivity index (χ3v) is 3.04. The molecule has 1 rings (SSSR count). The first-order valence-electron chi connectivity index (χ1n) is 6.46.